The monoisotopic (exact) mass is 186 g/mol. The summed E-state index contributed by atoms with van der Waals surface area (Å²) in [4.78, 5) is 0. The molecule has 0 aromatic heterocycles. The molecule has 0 aliphatic carbocycles. The van der Waals surface area contributed by atoms with Crippen molar-refractivity contribution in [2.24, 2.45) is 5.73 Å². The van der Waals surface area contributed by atoms with Gasteiger partial charge in [0, 0.05) is 0 Å². The van der Waals surface area contributed by atoms with Gasteiger partial charge in [0.25, 0.3) is 0 Å². The number of hydrogen-bond acceptors (Lipinski definition) is 1. The first-order chi connectivity index (χ1) is 5.83. The fourth-order valence-corrected chi connectivity index (χ4v) is 1.82. The molecule has 1 saturated heterocycles. The van der Waals surface area contributed by atoms with Crippen molar-refractivity contribution in [1.82, 2.24) is 0 Å². The minimum Gasteiger partial charge on any atom is -0.383 e. The lowest BCUT2D eigenvalue weighted by molar-refractivity contribution is -1.00. The number of likely N-dealkylation sites (N-methyl/N-ethyl adjacent to an activating group) is 2. The Morgan fingerprint density at radius 3 is 2.00 bits per heavy atom. The van der Waals surface area contributed by atoms with Crippen LogP contribution >= 0.6 is 0 Å². The molecule has 1 aliphatic heterocycles. The number of nitrogens with two attached hydrogens (primary N) is 1. The smallest absolute Gasteiger partial charge is 0.147 e. The Morgan fingerprint density at radius 1 is 1.15 bits per heavy atom. The van der Waals surface area contributed by atoms with Gasteiger partial charge in [0.2, 0.25) is 0 Å². The van der Waals surface area contributed by atoms with Crippen molar-refractivity contribution in [2.45, 2.75) is 0 Å². The predicted molar refractivity (Wildman–Crippen MR) is 54.5 cm³/mol. The van der Waals surface area contributed by atoms with Crippen molar-refractivity contribution in [1.29, 1.82) is 5.41 Å². The predicted octanol–water partition coefficient (Wildman–Crippen LogP) is -0.541. The highest BCUT2D eigenvalue weighted by molar-refractivity contribution is 5.77. The summed E-state index contributed by atoms with van der Waals surface area (Å²) in [6, 6.07) is 0. The molecule has 0 atom stereocenters. The van der Waals surface area contributed by atoms with E-state index >= 15 is 0 Å². The van der Waals surface area contributed by atoms with Crippen LogP contribution in [0.25, 0.3) is 0 Å². The molecule has 1 fully saturated rings. The summed E-state index contributed by atoms with van der Waals surface area (Å²) in [5.74, 6) is 0.315. The van der Waals surface area contributed by atoms with Crippen LogP contribution in [0.2, 0.25) is 0 Å². The third kappa shape index (κ3) is 2.97. The maximum atomic E-state index is 7.31. The van der Waals surface area contributed by atoms with Gasteiger partial charge in [0.15, 0.2) is 0 Å². The maximum absolute atomic E-state index is 7.31. The van der Waals surface area contributed by atoms with E-state index in [-0.39, 0.29) is 0 Å². The molecule has 0 aromatic carbocycles. The van der Waals surface area contributed by atoms with Crippen molar-refractivity contribution in [3.63, 3.8) is 0 Å². The van der Waals surface area contributed by atoms with E-state index in [0.29, 0.717) is 12.4 Å². The van der Waals surface area contributed by atoms with Crippen LogP contribution in [0.15, 0.2) is 0 Å². The van der Waals surface area contributed by atoms with Gasteiger partial charge in [-0.2, -0.15) is 0 Å². The summed E-state index contributed by atoms with van der Waals surface area (Å²) in [7, 11) is 6.72. The molecule has 13 heavy (non-hydrogen) atoms. The van der Waals surface area contributed by atoms with Gasteiger partial charge in [0.05, 0.1) is 21.1 Å². The van der Waals surface area contributed by atoms with Crippen LogP contribution in [0.1, 0.15) is 0 Å². The topological polar surface area (TPSA) is 49.9 Å². The van der Waals surface area contributed by atoms with Gasteiger partial charge < -0.3 is 14.7 Å². The normalized spacial score (nSPS) is 25.5. The second kappa shape index (κ2) is 3.27. The average molecular weight is 186 g/mol. The van der Waals surface area contributed by atoms with Crippen LogP contribution in [0.5, 0.6) is 0 Å². The van der Waals surface area contributed by atoms with Gasteiger partial charge in [-0.3, -0.25) is 5.41 Å². The number of nitrogens with one attached hydrogen (secondary N) is 1. The molecule has 0 saturated carbocycles. The first-order valence-electron chi connectivity index (χ1n) is 4.82. The van der Waals surface area contributed by atoms with Gasteiger partial charge in [-0.25, -0.2) is 0 Å². The van der Waals surface area contributed by atoms with Crippen LogP contribution < -0.4 is 5.73 Å². The first-order valence-corrected chi connectivity index (χ1v) is 4.82. The second-order valence-electron chi connectivity index (χ2n) is 5.13. The van der Waals surface area contributed by atoms with E-state index in [0.717, 1.165) is 22.1 Å². The molecule has 1 rings (SSSR count). The second-order valence-corrected chi connectivity index (χ2v) is 5.13. The minimum atomic E-state index is 0.315. The molecule has 0 unspecified atom stereocenters. The SMILES string of the molecule is C[N+]1(C)CC[N+](C)(CC(=N)N)CC1. The highest BCUT2D eigenvalue weighted by atomic mass is 15.4. The van der Waals surface area contributed by atoms with Crippen LogP contribution in [0.3, 0.4) is 0 Å². The van der Waals surface area contributed by atoms with E-state index in [2.05, 4.69) is 21.1 Å². The van der Waals surface area contributed by atoms with Crippen LogP contribution in [0, 0.1) is 5.41 Å². The van der Waals surface area contributed by atoms with Crippen molar-refractivity contribution in [2.75, 3.05) is 53.9 Å². The zero-order valence-electron chi connectivity index (χ0n) is 9.01. The van der Waals surface area contributed by atoms with Crippen molar-refractivity contribution in [3.8, 4) is 0 Å². The van der Waals surface area contributed by atoms with Crippen LogP contribution in [-0.4, -0.2) is 68.7 Å². The molecular weight excluding hydrogens is 164 g/mol. The zero-order chi connectivity index (χ0) is 10.1. The molecule has 4 heteroatoms. The van der Waals surface area contributed by atoms with Gasteiger partial charge in [-0.1, -0.05) is 0 Å². The lowest BCUT2D eigenvalue weighted by Gasteiger charge is -2.44. The van der Waals surface area contributed by atoms with E-state index in [9.17, 15) is 0 Å². The minimum absolute atomic E-state index is 0.315. The first kappa shape index (κ1) is 10.5. The molecule has 76 valence electrons. The van der Waals surface area contributed by atoms with Gasteiger partial charge >= 0.3 is 0 Å². The summed E-state index contributed by atoms with van der Waals surface area (Å²) >= 11 is 0. The van der Waals surface area contributed by atoms with Gasteiger partial charge in [-0.15, -0.1) is 0 Å². The summed E-state index contributed by atoms with van der Waals surface area (Å²) in [5, 5.41) is 7.31. The van der Waals surface area contributed by atoms with Gasteiger partial charge in [-0.05, 0) is 0 Å². The highest BCUT2D eigenvalue weighted by Gasteiger charge is 2.34. The molecular formula is C9H22N4+2. The number of piperazine rings is 1. The maximum Gasteiger partial charge on any atom is 0.147 e. The molecule has 1 aliphatic rings. The van der Waals surface area contributed by atoms with E-state index < -0.39 is 0 Å². The van der Waals surface area contributed by atoms with Crippen molar-refractivity contribution in [3.05, 3.63) is 0 Å². The van der Waals surface area contributed by atoms with Gasteiger partial charge in [0.1, 0.15) is 38.6 Å². The fourth-order valence-electron chi connectivity index (χ4n) is 1.82. The van der Waals surface area contributed by atoms with Crippen molar-refractivity contribution >= 4 is 5.84 Å². The number of quaternary nitrogens is 2. The summed E-state index contributed by atoms with van der Waals surface area (Å²) in [6.45, 7) is 5.34. The van der Waals surface area contributed by atoms with E-state index in [1.165, 1.54) is 13.1 Å². The number of nitrogens with zero attached hydrogens (tertiary/aromatic N) is 2. The molecule has 3 N–H and O–H groups in total. The lowest BCUT2D eigenvalue weighted by atomic mass is 10.2. The largest absolute Gasteiger partial charge is 0.383 e. The Hall–Kier alpha value is -0.610. The highest BCUT2D eigenvalue weighted by Crippen LogP contribution is 2.12. The molecule has 0 spiro atoms. The number of amidine groups is 1. The standard InChI is InChI=1S/C9H22N4/c1-12(2)4-6-13(3,7-5-12)8-9(10)11/h4-8H2,1-3H3,(H3,10,11)/q+2. The van der Waals surface area contributed by atoms with E-state index in [4.69, 9.17) is 11.1 Å². The lowest BCUT2D eigenvalue weighted by Crippen LogP contribution is -2.64. The molecule has 4 nitrogen and oxygen atoms in total. The molecule has 0 radical (unpaired) electrons. The quantitative estimate of drug-likeness (QED) is 0.340. The molecule has 0 amide bonds. The third-order valence-electron chi connectivity index (χ3n) is 3.04. The third-order valence-corrected chi connectivity index (χ3v) is 3.04. The van der Waals surface area contributed by atoms with Crippen LogP contribution in [0.4, 0.5) is 0 Å². The average Bonchev–Trinajstić information content (AvgIpc) is 1.95. The van der Waals surface area contributed by atoms with E-state index in [1.54, 1.807) is 0 Å². The van der Waals surface area contributed by atoms with E-state index in [1.807, 2.05) is 0 Å². The Balaban J connectivity index is 2.51. The Bertz CT molecular complexity index is 200. The molecule has 1 heterocycles. The molecule has 0 bridgehead atoms. The van der Waals surface area contributed by atoms with Crippen molar-refractivity contribution < 1.29 is 8.97 Å². The Labute approximate surface area is 80.6 Å². The number of hydrogen-bond donors (Lipinski definition) is 2. The fraction of sp³-hybridized carbons (Fsp3) is 0.889. The summed E-state index contributed by atoms with van der Waals surface area (Å²) < 4.78 is 2.04. The Kier molecular flexibility index (Phi) is 2.63. The summed E-state index contributed by atoms with van der Waals surface area (Å²) in [5.41, 5.74) is 5.44. The summed E-state index contributed by atoms with van der Waals surface area (Å²) in [6.07, 6.45) is 0. The Morgan fingerprint density at radius 2 is 1.62 bits per heavy atom. The van der Waals surface area contributed by atoms with Crippen LogP contribution in [-0.2, 0) is 0 Å². The zero-order valence-corrected chi connectivity index (χ0v) is 9.01. The molecule has 0 aromatic rings. The number of rotatable bonds is 2.